The van der Waals surface area contributed by atoms with Crippen LogP contribution in [0.15, 0.2) is 0 Å². The number of amides is 1. The van der Waals surface area contributed by atoms with Crippen LogP contribution in [0.4, 0.5) is 5.00 Å². The molecule has 2 N–H and O–H groups in total. The molecule has 0 radical (unpaired) electrons. The zero-order chi connectivity index (χ0) is 14.0. The van der Waals surface area contributed by atoms with Crippen molar-refractivity contribution in [2.45, 2.75) is 6.92 Å². The highest BCUT2D eigenvalue weighted by Gasteiger charge is 2.27. The number of thiophene rings is 1. The zero-order valence-electron chi connectivity index (χ0n) is 10.9. The van der Waals surface area contributed by atoms with Crippen LogP contribution in [0.25, 0.3) is 0 Å². The number of morpholine rings is 1. The molecule has 1 aliphatic rings. The van der Waals surface area contributed by atoms with Gasteiger partial charge in [-0.3, -0.25) is 4.79 Å². The Labute approximate surface area is 115 Å². The number of nitrogens with two attached hydrogens (primary N) is 1. The number of methoxy groups -OCH3 is 1. The van der Waals surface area contributed by atoms with E-state index < -0.39 is 5.97 Å². The number of anilines is 1. The van der Waals surface area contributed by atoms with Gasteiger partial charge in [0.2, 0.25) is 0 Å². The molecule has 2 rings (SSSR count). The van der Waals surface area contributed by atoms with Crippen molar-refractivity contribution in [3.8, 4) is 0 Å². The van der Waals surface area contributed by atoms with E-state index in [0.717, 1.165) is 11.3 Å². The minimum Gasteiger partial charge on any atom is -0.465 e. The standard InChI is InChI=1S/C12H16N2O4S/c1-7-8(10(13)19-9(7)12(16)17-2)11(15)14-3-5-18-6-4-14/h3-6,13H2,1-2H3. The Morgan fingerprint density at radius 2 is 2.00 bits per heavy atom. The Kier molecular flexibility index (Phi) is 4.06. The van der Waals surface area contributed by atoms with Crippen LogP contribution in [-0.4, -0.2) is 50.2 Å². The number of hydrogen-bond acceptors (Lipinski definition) is 6. The van der Waals surface area contributed by atoms with Crippen molar-refractivity contribution < 1.29 is 19.1 Å². The van der Waals surface area contributed by atoms with E-state index in [0.29, 0.717) is 47.3 Å². The Balaban J connectivity index is 2.31. The molecule has 0 spiro atoms. The van der Waals surface area contributed by atoms with Gasteiger partial charge in [-0.15, -0.1) is 11.3 Å². The van der Waals surface area contributed by atoms with Gasteiger partial charge in [-0.1, -0.05) is 0 Å². The molecule has 7 heteroatoms. The third kappa shape index (κ3) is 2.57. The topological polar surface area (TPSA) is 81.9 Å². The average molecular weight is 284 g/mol. The molecule has 0 aromatic carbocycles. The third-order valence-electron chi connectivity index (χ3n) is 3.06. The molecule has 104 valence electrons. The van der Waals surface area contributed by atoms with Crippen molar-refractivity contribution in [3.63, 3.8) is 0 Å². The van der Waals surface area contributed by atoms with E-state index in [4.69, 9.17) is 10.5 Å². The Morgan fingerprint density at radius 1 is 1.37 bits per heavy atom. The number of carbonyl (C=O) groups excluding carboxylic acids is 2. The van der Waals surface area contributed by atoms with Gasteiger partial charge in [0.1, 0.15) is 4.88 Å². The Bertz CT molecular complexity index is 506. The van der Waals surface area contributed by atoms with E-state index in [9.17, 15) is 9.59 Å². The summed E-state index contributed by atoms with van der Waals surface area (Å²) in [6, 6.07) is 0. The van der Waals surface area contributed by atoms with Gasteiger partial charge in [0, 0.05) is 13.1 Å². The molecule has 1 aromatic heterocycles. The van der Waals surface area contributed by atoms with E-state index >= 15 is 0 Å². The summed E-state index contributed by atoms with van der Waals surface area (Å²) in [5, 5.41) is 0.356. The summed E-state index contributed by atoms with van der Waals surface area (Å²) in [4.78, 5) is 26.1. The lowest BCUT2D eigenvalue weighted by Gasteiger charge is -2.27. The molecule has 0 atom stereocenters. The Hall–Kier alpha value is -1.60. The summed E-state index contributed by atoms with van der Waals surface area (Å²) in [5.41, 5.74) is 6.87. The van der Waals surface area contributed by atoms with Crippen LogP contribution < -0.4 is 5.73 Å². The molecular weight excluding hydrogens is 268 g/mol. The number of ether oxygens (including phenoxy) is 2. The van der Waals surface area contributed by atoms with Crippen LogP contribution in [0.2, 0.25) is 0 Å². The van der Waals surface area contributed by atoms with Crippen molar-refractivity contribution in [1.82, 2.24) is 4.90 Å². The summed E-state index contributed by atoms with van der Waals surface area (Å²) >= 11 is 1.09. The van der Waals surface area contributed by atoms with Crippen LogP contribution in [0.5, 0.6) is 0 Å². The van der Waals surface area contributed by atoms with Crippen molar-refractivity contribution in [2.75, 3.05) is 39.1 Å². The fourth-order valence-corrected chi connectivity index (χ4v) is 3.00. The molecule has 1 fully saturated rings. The molecule has 6 nitrogen and oxygen atoms in total. The van der Waals surface area contributed by atoms with Crippen LogP contribution >= 0.6 is 11.3 Å². The average Bonchev–Trinajstić information content (AvgIpc) is 2.73. The van der Waals surface area contributed by atoms with E-state index in [1.165, 1.54) is 7.11 Å². The molecule has 1 aliphatic heterocycles. The lowest BCUT2D eigenvalue weighted by atomic mass is 10.1. The molecule has 19 heavy (non-hydrogen) atoms. The van der Waals surface area contributed by atoms with Crippen LogP contribution in [-0.2, 0) is 9.47 Å². The van der Waals surface area contributed by atoms with Gasteiger partial charge in [-0.25, -0.2) is 4.79 Å². The second-order valence-corrected chi connectivity index (χ2v) is 5.24. The number of hydrogen-bond donors (Lipinski definition) is 1. The normalized spacial score (nSPS) is 15.4. The quantitative estimate of drug-likeness (QED) is 0.816. The number of carbonyl (C=O) groups is 2. The molecule has 0 unspecified atom stereocenters. The molecule has 0 saturated carbocycles. The lowest BCUT2D eigenvalue weighted by molar-refractivity contribution is 0.0303. The van der Waals surface area contributed by atoms with Crippen LogP contribution in [0.1, 0.15) is 25.6 Å². The first-order valence-electron chi connectivity index (χ1n) is 5.90. The molecular formula is C12H16N2O4S. The zero-order valence-corrected chi connectivity index (χ0v) is 11.7. The maximum Gasteiger partial charge on any atom is 0.348 e. The summed E-state index contributed by atoms with van der Waals surface area (Å²) < 4.78 is 9.89. The SMILES string of the molecule is COC(=O)c1sc(N)c(C(=O)N2CCOCC2)c1C. The fourth-order valence-electron chi connectivity index (χ4n) is 2.01. The molecule has 0 aliphatic carbocycles. The maximum absolute atomic E-state index is 12.4. The van der Waals surface area contributed by atoms with Crippen molar-refractivity contribution in [1.29, 1.82) is 0 Å². The number of nitrogen functional groups attached to an aromatic ring is 1. The second kappa shape index (κ2) is 5.58. The summed E-state index contributed by atoms with van der Waals surface area (Å²) in [7, 11) is 1.31. The molecule has 1 amide bonds. The molecule has 2 heterocycles. The number of nitrogens with zero attached hydrogens (tertiary/aromatic N) is 1. The monoisotopic (exact) mass is 284 g/mol. The van der Waals surface area contributed by atoms with Crippen LogP contribution in [0.3, 0.4) is 0 Å². The first-order valence-corrected chi connectivity index (χ1v) is 6.72. The van der Waals surface area contributed by atoms with E-state index in [-0.39, 0.29) is 5.91 Å². The van der Waals surface area contributed by atoms with Gasteiger partial charge in [0.25, 0.3) is 5.91 Å². The van der Waals surface area contributed by atoms with E-state index in [1.54, 1.807) is 11.8 Å². The molecule has 0 bridgehead atoms. The second-order valence-electron chi connectivity index (χ2n) is 4.19. The Morgan fingerprint density at radius 3 is 2.58 bits per heavy atom. The van der Waals surface area contributed by atoms with E-state index in [1.807, 2.05) is 0 Å². The highest BCUT2D eigenvalue weighted by atomic mass is 32.1. The van der Waals surface area contributed by atoms with Gasteiger partial charge in [0.15, 0.2) is 0 Å². The third-order valence-corrected chi connectivity index (χ3v) is 4.16. The maximum atomic E-state index is 12.4. The largest absolute Gasteiger partial charge is 0.465 e. The van der Waals surface area contributed by atoms with Gasteiger partial charge < -0.3 is 20.1 Å². The summed E-state index contributed by atoms with van der Waals surface area (Å²) in [5.74, 6) is -0.611. The highest BCUT2D eigenvalue weighted by molar-refractivity contribution is 7.18. The van der Waals surface area contributed by atoms with Gasteiger partial charge in [-0.05, 0) is 12.5 Å². The highest BCUT2D eigenvalue weighted by Crippen LogP contribution is 2.32. The van der Waals surface area contributed by atoms with Gasteiger partial charge >= 0.3 is 5.97 Å². The van der Waals surface area contributed by atoms with Gasteiger partial charge in [-0.2, -0.15) is 0 Å². The molecule has 1 saturated heterocycles. The predicted molar refractivity (Wildman–Crippen MR) is 71.5 cm³/mol. The minimum atomic E-state index is -0.463. The predicted octanol–water partition coefficient (Wildman–Crippen LogP) is 0.898. The smallest absolute Gasteiger partial charge is 0.348 e. The van der Waals surface area contributed by atoms with Crippen molar-refractivity contribution in [3.05, 3.63) is 16.0 Å². The summed E-state index contributed by atoms with van der Waals surface area (Å²) in [6.07, 6.45) is 0. The first kappa shape index (κ1) is 13.8. The number of rotatable bonds is 2. The van der Waals surface area contributed by atoms with E-state index in [2.05, 4.69) is 4.74 Å². The molecule has 1 aromatic rings. The van der Waals surface area contributed by atoms with Gasteiger partial charge in [0.05, 0.1) is 30.9 Å². The number of esters is 1. The van der Waals surface area contributed by atoms with Crippen molar-refractivity contribution in [2.24, 2.45) is 0 Å². The summed E-state index contributed by atoms with van der Waals surface area (Å²) in [6.45, 7) is 3.85. The van der Waals surface area contributed by atoms with Crippen molar-refractivity contribution >= 4 is 28.2 Å². The lowest BCUT2D eigenvalue weighted by Crippen LogP contribution is -2.41. The minimum absolute atomic E-state index is 0.148. The fraction of sp³-hybridized carbons (Fsp3) is 0.500. The van der Waals surface area contributed by atoms with Crippen LogP contribution in [0, 0.1) is 6.92 Å². The first-order chi connectivity index (χ1) is 9.06.